The molecular formula is C26H24N3O4+. The lowest BCUT2D eigenvalue weighted by molar-refractivity contribution is -0.748. The highest BCUT2D eigenvalue weighted by molar-refractivity contribution is 5.60. The molecule has 3 aromatic carbocycles. The monoisotopic (exact) mass is 442 g/mol. The molecule has 0 amide bonds. The van der Waals surface area contributed by atoms with Crippen molar-refractivity contribution < 1.29 is 25.0 Å². The highest BCUT2D eigenvalue weighted by Gasteiger charge is 2.53. The van der Waals surface area contributed by atoms with Gasteiger partial charge in [-0.3, -0.25) is 0 Å². The van der Waals surface area contributed by atoms with E-state index in [4.69, 9.17) is 4.98 Å². The van der Waals surface area contributed by atoms with Gasteiger partial charge in [-0.2, -0.15) is 4.57 Å². The van der Waals surface area contributed by atoms with Crippen molar-refractivity contribution in [3.8, 4) is 22.8 Å². The van der Waals surface area contributed by atoms with Gasteiger partial charge in [-0.15, -0.1) is 0 Å². The van der Waals surface area contributed by atoms with Crippen molar-refractivity contribution >= 4 is 5.82 Å². The zero-order chi connectivity index (χ0) is 23.0. The molecule has 2 atom stereocenters. The van der Waals surface area contributed by atoms with Crippen molar-refractivity contribution in [2.75, 3.05) is 5.32 Å². The van der Waals surface area contributed by atoms with Gasteiger partial charge in [0.15, 0.2) is 0 Å². The van der Waals surface area contributed by atoms with Crippen molar-refractivity contribution in [2.24, 2.45) is 0 Å². The SMILES string of the molecule is Oc1ccc(C[C@@]2(O)Nc3c(Cc4ccccc4)nc(-c4ccc(O)cc4)c[n+]3[C@@H]2O)cc1. The number of hydrogen-bond acceptors (Lipinski definition) is 6. The van der Waals surface area contributed by atoms with Gasteiger partial charge in [0.25, 0.3) is 12.0 Å². The molecule has 1 aromatic heterocycles. The van der Waals surface area contributed by atoms with Crippen LogP contribution >= 0.6 is 0 Å². The average molecular weight is 442 g/mol. The van der Waals surface area contributed by atoms with Crippen molar-refractivity contribution in [3.05, 3.63) is 102 Å². The zero-order valence-corrected chi connectivity index (χ0v) is 17.8. The predicted molar refractivity (Wildman–Crippen MR) is 122 cm³/mol. The third kappa shape index (κ3) is 4.11. The van der Waals surface area contributed by atoms with Crippen LogP contribution < -0.4 is 9.88 Å². The number of rotatable bonds is 5. The summed E-state index contributed by atoms with van der Waals surface area (Å²) in [5.41, 5.74) is 2.20. The van der Waals surface area contributed by atoms with Crippen LogP contribution in [-0.2, 0) is 12.8 Å². The highest BCUT2D eigenvalue weighted by atomic mass is 16.4. The maximum Gasteiger partial charge on any atom is 0.301 e. The van der Waals surface area contributed by atoms with Crippen LogP contribution in [0.5, 0.6) is 11.5 Å². The van der Waals surface area contributed by atoms with Gasteiger partial charge in [0, 0.05) is 18.4 Å². The van der Waals surface area contributed by atoms with Crippen molar-refractivity contribution in [1.29, 1.82) is 0 Å². The molecule has 7 nitrogen and oxygen atoms in total. The van der Waals surface area contributed by atoms with E-state index in [0.29, 0.717) is 23.6 Å². The third-order valence-electron chi connectivity index (χ3n) is 5.86. The minimum Gasteiger partial charge on any atom is -0.508 e. The Balaban J connectivity index is 1.57. The van der Waals surface area contributed by atoms with Crippen LogP contribution in [0.3, 0.4) is 0 Å². The number of aromatic nitrogens is 2. The first-order chi connectivity index (χ1) is 15.9. The maximum atomic E-state index is 11.4. The number of phenolic OH excluding ortho intramolecular Hbond substituents is 2. The van der Waals surface area contributed by atoms with E-state index >= 15 is 0 Å². The largest absolute Gasteiger partial charge is 0.508 e. The van der Waals surface area contributed by atoms with Gasteiger partial charge in [-0.05, 0) is 47.5 Å². The van der Waals surface area contributed by atoms with Crippen molar-refractivity contribution in [2.45, 2.75) is 24.8 Å². The van der Waals surface area contributed by atoms with Crippen LogP contribution in [0, 0.1) is 0 Å². The average Bonchev–Trinajstić information content (AvgIpc) is 3.07. The van der Waals surface area contributed by atoms with E-state index in [1.54, 1.807) is 59.3 Å². The standard InChI is InChI=1S/C26H23N3O4/c30-20-10-6-18(7-11-20)15-26(33)25(32)29-16-23(19-8-12-21(31)13-9-19)27-22(24(29)28-26)14-17-4-2-1-3-5-17/h1-13,16,25,30-33H,14-15H2/p+1/t25-,26+/m1/s1. The molecule has 5 N–H and O–H groups in total. The first-order valence-electron chi connectivity index (χ1n) is 10.7. The fraction of sp³-hybridized carbons (Fsp3) is 0.154. The fourth-order valence-electron chi connectivity index (χ4n) is 4.15. The van der Waals surface area contributed by atoms with E-state index in [9.17, 15) is 20.4 Å². The van der Waals surface area contributed by atoms with Gasteiger partial charge < -0.3 is 20.4 Å². The molecule has 4 aromatic rings. The van der Waals surface area contributed by atoms with Crippen LogP contribution in [0.4, 0.5) is 5.82 Å². The van der Waals surface area contributed by atoms with E-state index in [0.717, 1.165) is 16.7 Å². The Morgan fingerprint density at radius 2 is 1.48 bits per heavy atom. The van der Waals surface area contributed by atoms with E-state index < -0.39 is 12.0 Å². The number of aliphatic hydroxyl groups is 2. The summed E-state index contributed by atoms with van der Waals surface area (Å²) in [7, 11) is 0. The molecule has 0 bridgehead atoms. The topological polar surface area (TPSA) is 110 Å². The Bertz CT molecular complexity index is 1280. The number of aromatic hydroxyl groups is 2. The van der Waals surface area contributed by atoms with Gasteiger partial charge in [-0.25, -0.2) is 10.3 Å². The number of hydrogen-bond donors (Lipinski definition) is 5. The number of benzene rings is 3. The Kier molecular flexibility index (Phi) is 5.20. The summed E-state index contributed by atoms with van der Waals surface area (Å²) in [6, 6.07) is 23.1. The van der Waals surface area contributed by atoms with E-state index in [1.807, 2.05) is 30.3 Å². The lowest BCUT2D eigenvalue weighted by Gasteiger charge is -2.20. The van der Waals surface area contributed by atoms with E-state index in [-0.39, 0.29) is 17.9 Å². The Hall–Kier alpha value is -3.94. The van der Waals surface area contributed by atoms with Crippen molar-refractivity contribution in [3.63, 3.8) is 0 Å². The second kappa shape index (κ2) is 8.20. The van der Waals surface area contributed by atoms with E-state index in [2.05, 4.69) is 5.32 Å². The molecule has 7 heteroatoms. The molecule has 2 heterocycles. The van der Waals surface area contributed by atoms with Crippen LogP contribution in [0.25, 0.3) is 11.3 Å². The summed E-state index contributed by atoms with van der Waals surface area (Å²) in [6.45, 7) is 0. The fourth-order valence-corrected chi connectivity index (χ4v) is 4.15. The van der Waals surface area contributed by atoms with Gasteiger partial charge in [0.05, 0.1) is 0 Å². The van der Waals surface area contributed by atoms with E-state index in [1.165, 1.54) is 0 Å². The van der Waals surface area contributed by atoms with Gasteiger partial charge in [0.1, 0.15) is 29.1 Å². The molecule has 0 radical (unpaired) electrons. The second-order valence-electron chi connectivity index (χ2n) is 8.30. The first-order valence-corrected chi connectivity index (χ1v) is 10.7. The van der Waals surface area contributed by atoms with Crippen molar-refractivity contribution in [1.82, 2.24) is 4.98 Å². The zero-order valence-electron chi connectivity index (χ0n) is 17.8. The summed E-state index contributed by atoms with van der Waals surface area (Å²) in [4.78, 5) is 4.84. The number of aliphatic hydroxyl groups excluding tert-OH is 1. The third-order valence-corrected chi connectivity index (χ3v) is 5.86. The number of nitrogens with one attached hydrogen (secondary N) is 1. The van der Waals surface area contributed by atoms with Crippen LogP contribution in [0.2, 0.25) is 0 Å². The molecule has 0 fully saturated rings. The van der Waals surface area contributed by atoms with Gasteiger partial charge in [0.2, 0.25) is 0 Å². The number of phenols is 2. The maximum absolute atomic E-state index is 11.4. The van der Waals surface area contributed by atoms with Gasteiger partial charge in [-0.1, -0.05) is 42.5 Å². The Labute approximate surface area is 190 Å². The Morgan fingerprint density at radius 1 is 0.848 bits per heavy atom. The lowest BCUT2D eigenvalue weighted by atomic mass is 10.0. The first kappa shape index (κ1) is 20.9. The highest BCUT2D eigenvalue weighted by Crippen LogP contribution is 2.33. The molecule has 5 rings (SSSR count). The van der Waals surface area contributed by atoms with Crippen LogP contribution in [-0.4, -0.2) is 31.1 Å². The molecule has 0 unspecified atom stereocenters. The number of nitrogens with zero attached hydrogens (tertiary/aromatic N) is 2. The molecular weight excluding hydrogens is 418 g/mol. The van der Waals surface area contributed by atoms with Crippen LogP contribution in [0.1, 0.15) is 23.0 Å². The summed E-state index contributed by atoms with van der Waals surface area (Å²) in [5.74, 6) is 0.827. The number of anilines is 1. The Morgan fingerprint density at radius 3 is 2.15 bits per heavy atom. The molecule has 0 saturated carbocycles. The predicted octanol–water partition coefficient (Wildman–Crippen LogP) is 2.89. The molecule has 0 saturated heterocycles. The minimum atomic E-state index is -1.66. The second-order valence-corrected chi connectivity index (χ2v) is 8.30. The quantitative estimate of drug-likeness (QED) is 0.304. The lowest BCUT2D eigenvalue weighted by Crippen LogP contribution is -2.49. The smallest absolute Gasteiger partial charge is 0.301 e. The summed E-state index contributed by atoms with van der Waals surface area (Å²) >= 11 is 0. The minimum absolute atomic E-state index is 0.120. The molecule has 0 spiro atoms. The summed E-state index contributed by atoms with van der Waals surface area (Å²) in [5, 5.41) is 44.9. The molecule has 1 aliphatic rings. The van der Waals surface area contributed by atoms with Gasteiger partial charge >= 0.3 is 5.82 Å². The normalized spacial score (nSPS) is 19.2. The van der Waals surface area contributed by atoms with Crippen LogP contribution in [0.15, 0.2) is 85.1 Å². The number of fused-ring (bicyclic) bond motifs is 1. The summed E-state index contributed by atoms with van der Waals surface area (Å²) in [6.07, 6.45) is 1.05. The molecule has 33 heavy (non-hydrogen) atoms. The molecule has 1 aliphatic heterocycles. The molecule has 0 aliphatic carbocycles. The summed E-state index contributed by atoms with van der Waals surface area (Å²) < 4.78 is 1.61. The molecule has 166 valence electrons.